The normalized spacial score (nSPS) is 12.2. The first kappa shape index (κ1) is 10.7. The summed E-state index contributed by atoms with van der Waals surface area (Å²) in [5.74, 6) is -0.439. The van der Waals surface area contributed by atoms with Crippen LogP contribution in [0.4, 0.5) is 4.39 Å². The summed E-state index contributed by atoms with van der Waals surface area (Å²) < 4.78 is 32.1. The number of hydrogen-bond donors (Lipinski definition) is 1. The Kier molecular flexibility index (Phi) is 3.95. The lowest BCUT2D eigenvalue weighted by Gasteiger charge is -2.05. The van der Waals surface area contributed by atoms with Crippen LogP contribution in [-0.4, -0.2) is 4.89 Å². The zero-order chi connectivity index (χ0) is 9.84. The zero-order valence-corrected chi connectivity index (χ0v) is 9.32. The van der Waals surface area contributed by atoms with Crippen molar-refractivity contribution in [3.8, 4) is 11.5 Å². The number of rotatable bonds is 3. The summed E-state index contributed by atoms with van der Waals surface area (Å²) in [7, 11) is -3.14. The molecule has 1 unspecified atom stereocenters. The Morgan fingerprint density at radius 3 is 2.69 bits per heavy atom. The molecule has 7 heteroatoms. The minimum absolute atomic E-state index is 0.0826. The molecule has 0 aromatic heterocycles. The second-order valence-corrected chi connectivity index (χ2v) is 3.21. The molecule has 0 spiro atoms. The Hall–Kier alpha value is -0.330. The summed E-state index contributed by atoms with van der Waals surface area (Å²) in [5, 5.41) is 0. The zero-order valence-electron chi connectivity index (χ0n) is 6.16. The molecule has 72 valence electrons. The van der Waals surface area contributed by atoms with Gasteiger partial charge >= 0.3 is 8.25 Å². The van der Waals surface area contributed by atoms with E-state index in [0.29, 0.717) is 0 Å². The Labute approximate surface area is 88.3 Å². The summed E-state index contributed by atoms with van der Waals surface area (Å²) >= 11 is 1.56. The Morgan fingerprint density at radius 1 is 1.46 bits per heavy atom. The highest BCUT2D eigenvalue weighted by Gasteiger charge is 2.07. The highest BCUT2D eigenvalue weighted by molar-refractivity contribution is 14.1. The molecule has 13 heavy (non-hydrogen) atoms. The van der Waals surface area contributed by atoms with Crippen molar-refractivity contribution in [2.24, 2.45) is 0 Å². The van der Waals surface area contributed by atoms with Crippen LogP contribution < -0.4 is 7.59 Å². The van der Waals surface area contributed by atoms with Gasteiger partial charge in [0.2, 0.25) is 0 Å². The molecule has 1 aromatic carbocycles. The molecular formula is C6H5FIO4P. The molecule has 0 amide bonds. The molecule has 1 N–H and O–H groups in total. The van der Waals surface area contributed by atoms with Gasteiger partial charge in [0.25, 0.3) is 0 Å². The number of benzene rings is 1. The first-order chi connectivity index (χ1) is 6.13. The second-order valence-electron chi connectivity index (χ2n) is 2.04. The fourth-order valence-electron chi connectivity index (χ4n) is 0.719. The molecule has 1 aromatic rings. The van der Waals surface area contributed by atoms with Gasteiger partial charge in [-0.15, -0.1) is 0 Å². The van der Waals surface area contributed by atoms with Gasteiger partial charge in [0.1, 0.15) is 5.82 Å². The van der Waals surface area contributed by atoms with Crippen LogP contribution in [0.15, 0.2) is 18.2 Å². The maximum atomic E-state index is 12.6. The van der Waals surface area contributed by atoms with Crippen LogP contribution in [0.5, 0.6) is 11.5 Å². The number of halogens is 2. The summed E-state index contributed by atoms with van der Waals surface area (Å²) in [6.07, 6.45) is 0. The van der Waals surface area contributed by atoms with Crippen molar-refractivity contribution in [1.82, 2.24) is 0 Å². The van der Waals surface area contributed by atoms with Gasteiger partial charge in [-0.25, -0.2) is 8.96 Å². The summed E-state index contributed by atoms with van der Waals surface area (Å²) in [6, 6.07) is 3.45. The minimum atomic E-state index is -3.14. The average molecular weight is 318 g/mol. The standard InChI is InChI=1S/C6H5FIO4P/c7-4-1-2-5(11-8)6(3-4)12-13(9)10/h1-3,13H,(H,9,10). The molecule has 0 aliphatic carbocycles. The third-order valence-electron chi connectivity index (χ3n) is 1.19. The van der Waals surface area contributed by atoms with E-state index in [-0.39, 0.29) is 11.5 Å². The van der Waals surface area contributed by atoms with Gasteiger partial charge in [0, 0.05) is 6.07 Å². The predicted molar refractivity (Wildman–Crippen MR) is 52.9 cm³/mol. The lowest BCUT2D eigenvalue weighted by Crippen LogP contribution is -1.86. The lowest BCUT2D eigenvalue weighted by molar-refractivity contribution is 0.404. The van der Waals surface area contributed by atoms with Crippen molar-refractivity contribution < 1.29 is 21.4 Å². The van der Waals surface area contributed by atoms with Crippen molar-refractivity contribution in [2.45, 2.75) is 0 Å². The Bertz CT molecular complexity index is 332. The van der Waals surface area contributed by atoms with Gasteiger partial charge in [-0.3, -0.25) is 0 Å². The van der Waals surface area contributed by atoms with Gasteiger partial charge in [-0.2, -0.15) is 0 Å². The molecular weight excluding hydrogens is 313 g/mol. The molecule has 0 fully saturated rings. The van der Waals surface area contributed by atoms with E-state index in [1.807, 2.05) is 0 Å². The van der Waals surface area contributed by atoms with E-state index in [1.165, 1.54) is 6.07 Å². The first-order valence-corrected chi connectivity index (χ1v) is 5.27. The maximum absolute atomic E-state index is 12.6. The predicted octanol–water partition coefficient (Wildman–Crippen LogP) is 2.32. The van der Waals surface area contributed by atoms with E-state index in [1.54, 1.807) is 23.0 Å². The molecule has 0 aliphatic rings. The van der Waals surface area contributed by atoms with E-state index < -0.39 is 14.1 Å². The van der Waals surface area contributed by atoms with E-state index in [9.17, 15) is 8.96 Å². The summed E-state index contributed by atoms with van der Waals surface area (Å²) in [6.45, 7) is 0. The van der Waals surface area contributed by atoms with Crippen LogP contribution in [0, 0.1) is 5.82 Å². The smallest absolute Gasteiger partial charge is 0.365 e. The van der Waals surface area contributed by atoms with Crippen molar-refractivity contribution in [1.29, 1.82) is 0 Å². The quantitative estimate of drug-likeness (QED) is 0.686. The van der Waals surface area contributed by atoms with Gasteiger partial charge in [0.15, 0.2) is 34.5 Å². The number of hydrogen-bond acceptors (Lipinski definition) is 3. The summed E-state index contributed by atoms with van der Waals surface area (Å²) in [5.41, 5.74) is 0. The van der Waals surface area contributed by atoms with Crippen LogP contribution in [-0.2, 0) is 4.57 Å². The van der Waals surface area contributed by atoms with Crippen LogP contribution in [0.1, 0.15) is 0 Å². The Balaban J connectivity index is 3.01. The van der Waals surface area contributed by atoms with Crippen LogP contribution in [0.3, 0.4) is 0 Å². The third-order valence-corrected chi connectivity index (χ3v) is 2.06. The molecule has 1 rings (SSSR count). The minimum Gasteiger partial charge on any atom is -0.424 e. The van der Waals surface area contributed by atoms with Crippen LogP contribution in [0.2, 0.25) is 0 Å². The lowest BCUT2D eigenvalue weighted by atomic mass is 10.3. The van der Waals surface area contributed by atoms with E-state index in [2.05, 4.69) is 4.52 Å². The topological polar surface area (TPSA) is 55.8 Å². The van der Waals surface area contributed by atoms with Crippen molar-refractivity contribution in [2.75, 3.05) is 0 Å². The fourth-order valence-corrected chi connectivity index (χ4v) is 1.43. The van der Waals surface area contributed by atoms with Gasteiger partial charge < -0.3 is 12.5 Å². The maximum Gasteiger partial charge on any atom is 0.365 e. The van der Waals surface area contributed by atoms with Gasteiger partial charge in [-0.05, 0) is 12.1 Å². The average Bonchev–Trinajstić information content (AvgIpc) is 2.03. The first-order valence-electron chi connectivity index (χ1n) is 3.12. The Morgan fingerprint density at radius 2 is 2.15 bits per heavy atom. The molecule has 0 bridgehead atoms. The van der Waals surface area contributed by atoms with E-state index >= 15 is 0 Å². The van der Waals surface area contributed by atoms with Crippen molar-refractivity contribution in [3.63, 3.8) is 0 Å². The monoisotopic (exact) mass is 318 g/mol. The molecule has 4 nitrogen and oxygen atoms in total. The summed E-state index contributed by atoms with van der Waals surface area (Å²) in [4.78, 5) is 8.46. The van der Waals surface area contributed by atoms with E-state index in [4.69, 9.17) is 7.96 Å². The molecule has 0 saturated carbocycles. The molecule has 0 heterocycles. The fraction of sp³-hybridized carbons (Fsp3) is 0. The SMILES string of the molecule is O=[PH](O)Oc1cc(F)ccc1OI. The highest BCUT2D eigenvalue weighted by atomic mass is 127. The van der Waals surface area contributed by atoms with Crippen LogP contribution >= 0.6 is 31.3 Å². The van der Waals surface area contributed by atoms with Gasteiger partial charge in [-0.1, -0.05) is 0 Å². The van der Waals surface area contributed by atoms with Crippen LogP contribution in [0.25, 0.3) is 0 Å². The molecule has 0 radical (unpaired) electrons. The van der Waals surface area contributed by atoms with Crippen molar-refractivity contribution in [3.05, 3.63) is 24.0 Å². The molecule has 0 saturated heterocycles. The third kappa shape index (κ3) is 3.13. The molecule has 0 aliphatic heterocycles. The largest absolute Gasteiger partial charge is 0.424 e. The van der Waals surface area contributed by atoms with Crippen molar-refractivity contribution >= 4 is 31.3 Å². The van der Waals surface area contributed by atoms with Gasteiger partial charge in [0.05, 0.1) is 0 Å². The highest BCUT2D eigenvalue weighted by Crippen LogP contribution is 2.34. The van der Waals surface area contributed by atoms with E-state index in [0.717, 1.165) is 12.1 Å². The molecule has 1 atom stereocenters. The second kappa shape index (κ2) is 4.78.